The zero-order valence-electron chi connectivity index (χ0n) is 14.6. The highest BCUT2D eigenvalue weighted by Gasteiger charge is 2.35. The third-order valence-electron chi connectivity index (χ3n) is 4.76. The highest BCUT2D eigenvalue weighted by molar-refractivity contribution is 7.12. The minimum atomic E-state index is -4.35. The number of alkyl halides is 3. The third kappa shape index (κ3) is 4.10. The Morgan fingerprint density at radius 3 is 2.46 bits per heavy atom. The summed E-state index contributed by atoms with van der Waals surface area (Å²) in [5.41, 5.74) is 0.0812. The van der Waals surface area contributed by atoms with E-state index in [1.54, 1.807) is 11.3 Å². The Hall–Kier alpha value is -1.86. The molecule has 3 atom stereocenters. The number of thiophene rings is 1. The lowest BCUT2D eigenvalue weighted by molar-refractivity contribution is -0.137. The molecule has 2 N–H and O–H groups in total. The van der Waals surface area contributed by atoms with Gasteiger partial charge >= 0.3 is 6.18 Å². The number of carbonyl (C=O) groups excluding carboxylic acids is 1. The van der Waals surface area contributed by atoms with Crippen LogP contribution in [0.25, 0.3) is 0 Å². The topological polar surface area (TPSA) is 41.1 Å². The Balaban J connectivity index is 1.70. The Kier molecular flexibility index (Phi) is 5.39. The van der Waals surface area contributed by atoms with E-state index in [1.165, 1.54) is 17.0 Å². The van der Waals surface area contributed by atoms with Crippen LogP contribution < -0.4 is 10.6 Å². The van der Waals surface area contributed by atoms with Crippen molar-refractivity contribution in [2.24, 2.45) is 5.92 Å². The van der Waals surface area contributed by atoms with Crippen molar-refractivity contribution in [3.8, 4) is 0 Å². The van der Waals surface area contributed by atoms with Gasteiger partial charge in [0.1, 0.15) is 0 Å². The molecule has 0 aliphatic carbocycles. The quantitative estimate of drug-likeness (QED) is 0.830. The molecule has 2 heterocycles. The first-order chi connectivity index (χ1) is 12.3. The molecule has 1 aromatic carbocycles. The van der Waals surface area contributed by atoms with Crippen molar-refractivity contribution in [2.45, 2.75) is 32.0 Å². The van der Waals surface area contributed by atoms with Crippen LogP contribution in [0.15, 0.2) is 36.4 Å². The van der Waals surface area contributed by atoms with Gasteiger partial charge in [-0.05, 0) is 43.7 Å². The first-order valence-corrected chi connectivity index (χ1v) is 9.32. The normalized spacial score (nSPS) is 21.6. The number of hydrogen-bond acceptors (Lipinski definition) is 3. The van der Waals surface area contributed by atoms with Gasteiger partial charge in [-0.2, -0.15) is 13.2 Å². The van der Waals surface area contributed by atoms with E-state index in [0.717, 1.165) is 22.6 Å². The minimum Gasteiger partial charge on any atom is -0.348 e. The molecule has 1 saturated heterocycles. The van der Waals surface area contributed by atoms with Crippen molar-refractivity contribution < 1.29 is 18.0 Å². The van der Waals surface area contributed by atoms with Crippen LogP contribution in [-0.4, -0.2) is 19.0 Å². The standard InChI is InChI=1S/C19H21F3N2OS/c1-11-3-8-17(26-11)12(2)24-18(25)16-10-23-9-15(16)13-4-6-14(7-5-13)19(20,21)22/h3-8,12,15-16,23H,9-10H2,1-2H3,(H,24,25). The summed E-state index contributed by atoms with van der Waals surface area (Å²) < 4.78 is 38.2. The van der Waals surface area contributed by atoms with Gasteiger partial charge in [0.25, 0.3) is 0 Å². The molecular weight excluding hydrogens is 361 g/mol. The number of nitrogens with one attached hydrogen (secondary N) is 2. The molecule has 140 valence electrons. The largest absolute Gasteiger partial charge is 0.416 e. The van der Waals surface area contributed by atoms with Gasteiger partial charge in [0, 0.05) is 28.8 Å². The maximum atomic E-state index is 12.7. The zero-order chi connectivity index (χ0) is 18.9. The molecule has 3 nitrogen and oxygen atoms in total. The fourth-order valence-corrected chi connectivity index (χ4v) is 4.18. The van der Waals surface area contributed by atoms with Crippen LogP contribution in [0.2, 0.25) is 0 Å². The molecule has 2 aromatic rings. The molecule has 0 bridgehead atoms. The molecule has 7 heteroatoms. The van der Waals surface area contributed by atoms with Gasteiger partial charge in [-0.3, -0.25) is 4.79 Å². The van der Waals surface area contributed by atoms with E-state index in [2.05, 4.69) is 10.6 Å². The third-order valence-corrected chi connectivity index (χ3v) is 5.95. The van der Waals surface area contributed by atoms with Gasteiger partial charge in [-0.15, -0.1) is 11.3 Å². The summed E-state index contributed by atoms with van der Waals surface area (Å²) in [6.07, 6.45) is -4.35. The van der Waals surface area contributed by atoms with Gasteiger partial charge in [0.2, 0.25) is 5.91 Å². The lowest BCUT2D eigenvalue weighted by atomic mass is 9.87. The van der Waals surface area contributed by atoms with Crippen LogP contribution >= 0.6 is 11.3 Å². The summed E-state index contributed by atoms with van der Waals surface area (Å²) in [7, 11) is 0. The molecule has 1 amide bonds. The van der Waals surface area contributed by atoms with Crippen molar-refractivity contribution in [3.63, 3.8) is 0 Å². The Morgan fingerprint density at radius 2 is 1.88 bits per heavy atom. The monoisotopic (exact) mass is 382 g/mol. The minimum absolute atomic E-state index is 0.0709. The predicted molar refractivity (Wildman–Crippen MR) is 96.2 cm³/mol. The van der Waals surface area contributed by atoms with E-state index in [0.29, 0.717) is 13.1 Å². The number of benzene rings is 1. The van der Waals surface area contributed by atoms with Crippen LogP contribution in [0, 0.1) is 12.8 Å². The average molecular weight is 382 g/mol. The molecule has 0 radical (unpaired) electrons. The Morgan fingerprint density at radius 1 is 1.19 bits per heavy atom. The molecule has 1 aliphatic rings. The van der Waals surface area contributed by atoms with Gasteiger partial charge in [-0.25, -0.2) is 0 Å². The van der Waals surface area contributed by atoms with Crippen LogP contribution in [0.5, 0.6) is 0 Å². The van der Waals surface area contributed by atoms with E-state index in [9.17, 15) is 18.0 Å². The molecule has 3 unspecified atom stereocenters. The summed E-state index contributed by atoms with van der Waals surface area (Å²) in [6, 6.07) is 9.06. The van der Waals surface area contributed by atoms with Gasteiger partial charge in [0.05, 0.1) is 17.5 Å². The molecular formula is C19H21F3N2OS. The summed E-state index contributed by atoms with van der Waals surface area (Å²) >= 11 is 1.64. The lowest BCUT2D eigenvalue weighted by Gasteiger charge is -2.21. The molecule has 1 aromatic heterocycles. The van der Waals surface area contributed by atoms with Gasteiger partial charge in [0.15, 0.2) is 0 Å². The van der Waals surface area contributed by atoms with E-state index in [1.807, 2.05) is 26.0 Å². The first-order valence-electron chi connectivity index (χ1n) is 8.50. The maximum absolute atomic E-state index is 12.7. The maximum Gasteiger partial charge on any atom is 0.416 e. The van der Waals surface area contributed by atoms with E-state index in [4.69, 9.17) is 0 Å². The molecule has 3 rings (SSSR count). The summed E-state index contributed by atoms with van der Waals surface area (Å²) in [5.74, 6) is -0.497. The Bertz CT molecular complexity index is 770. The lowest BCUT2D eigenvalue weighted by Crippen LogP contribution is -2.35. The second-order valence-corrected chi connectivity index (χ2v) is 7.99. The SMILES string of the molecule is Cc1ccc(C(C)NC(=O)C2CNCC2c2ccc(C(F)(F)F)cc2)s1. The number of hydrogen-bond donors (Lipinski definition) is 2. The fourth-order valence-electron chi connectivity index (χ4n) is 3.30. The number of halogens is 3. The van der Waals surface area contributed by atoms with Crippen LogP contribution in [0.1, 0.15) is 39.8 Å². The number of carbonyl (C=O) groups is 1. The highest BCUT2D eigenvalue weighted by Crippen LogP contribution is 2.33. The van der Waals surface area contributed by atoms with Crippen LogP contribution in [0.3, 0.4) is 0 Å². The summed E-state index contributed by atoms with van der Waals surface area (Å²) in [6.45, 7) is 5.06. The van der Waals surface area contributed by atoms with E-state index in [-0.39, 0.29) is 23.8 Å². The van der Waals surface area contributed by atoms with Gasteiger partial charge in [-0.1, -0.05) is 12.1 Å². The molecule has 0 spiro atoms. The fraction of sp³-hybridized carbons (Fsp3) is 0.421. The van der Waals surface area contributed by atoms with Crippen molar-refractivity contribution in [1.82, 2.24) is 10.6 Å². The molecule has 0 saturated carbocycles. The van der Waals surface area contributed by atoms with Crippen LogP contribution in [0.4, 0.5) is 13.2 Å². The molecule has 1 fully saturated rings. The van der Waals surface area contributed by atoms with E-state index >= 15 is 0 Å². The second-order valence-electron chi connectivity index (χ2n) is 6.67. The zero-order valence-corrected chi connectivity index (χ0v) is 15.4. The smallest absolute Gasteiger partial charge is 0.348 e. The predicted octanol–water partition coefficient (Wildman–Crippen LogP) is 4.26. The highest BCUT2D eigenvalue weighted by atomic mass is 32.1. The molecule has 1 aliphatic heterocycles. The summed E-state index contributed by atoms with van der Waals surface area (Å²) in [5, 5.41) is 6.22. The van der Waals surface area contributed by atoms with Gasteiger partial charge < -0.3 is 10.6 Å². The number of aryl methyl sites for hydroxylation is 1. The first kappa shape index (κ1) is 18.9. The number of amides is 1. The van der Waals surface area contributed by atoms with Crippen molar-refractivity contribution in [1.29, 1.82) is 0 Å². The number of rotatable bonds is 4. The van der Waals surface area contributed by atoms with Crippen molar-refractivity contribution >= 4 is 17.2 Å². The second kappa shape index (κ2) is 7.40. The van der Waals surface area contributed by atoms with Crippen LogP contribution in [-0.2, 0) is 11.0 Å². The average Bonchev–Trinajstić information content (AvgIpc) is 3.23. The molecule has 26 heavy (non-hydrogen) atoms. The Labute approximate surface area is 154 Å². The summed E-state index contributed by atoms with van der Waals surface area (Å²) in [4.78, 5) is 15.0. The van der Waals surface area contributed by atoms with Crippen molar-refractivity contribution in [2.75, 3.05) is 13.1 Å². The van der Waals surface area contributed by atoms with E-state index < -0.39 is 11.7 Å². The van der Waals surface area contributed by atoms with Crippen molar-refractivity contribution in [3.05, 3.63) is 57.3 Å².